The van der Waals surface area contributed by atoms with Crippen LogP contribution in [0, 0.1) is 10.1 Å². The van der Waals surface area contributed by atoms with Crippen molar-refractivity contribution < 1.29 is 20.2 Å². The average molecular weight is 306 g/mol. The molecule has 6 nitrogen and oxygen atoms in total. The maximum Gasteiger partial charge on any atom is 0.276 e. The molecular weight excluding hydrogens is 294 g/mol. The maximum absolute atomic E-state index is 10.8. The van der Waals surface area contributed by atoms with E-state index in [0.29, 0.717) is 4.47 Å². The SMILES string of the molecule is O=[N+]([O-])c1cc(Br)ccc1C(O)C(O)CCO. The average Bonchev–Trinajstić information content (AvgIpc) is 2.28. The first-order valence-corrected chi connectivity index (χ1v) is 5.67. The highest BCUT2D eigenvalue weighted by Crippen LogP contribution is 2.30. The number of rotatable bonds is 5. The molecule has 17 heavy (non-hydrogen) atoms. The molecule has 0 aliphatic carbocycles. The standard InChI is InChI=1S/C10H12BrNO5/c11-6-1-2-7(8(5-6)12(16)17)10(15)9(14)3-4-13/h1-2,5,9-10,13-15H,3-4H2. The summed E-state index contributed by atoms with van der Waals surface area (Å²) in [5, 5.41) is 38.7. The van der Waals surface area contributed by atoms with Gasteiger partial charge in [-0.15, -0.1) is 0 Å². The number of halogens is 1. The summed E-state index contributed by atoms with van der Waals surface area (Å²) >= 11 is 3.09. The van der Waals surface area contributed by atoms with Gasteiger partial charge in [-0.25, -0.2) is 0 Å². The van der Waals surface area contributed by atoms with Gasteiger partial charge in [0.1, 0.15) is 6.10 Å². The first kappa shape index (κ1) is 14.0. The van der Waals surface area contributed by atoms with Gasteiger partial charge in [-0.05, 0) is 18.6 Å². The summed E-state index contributed by atoms with van der Waals surface area (Å²) in [6, 6.07) is 4.16. The molecular formula is C10H12BrNO5. The number of nitro groups is 1. The van der Waals surface area contributed by atoms with Gasteiger partial charge >= 0.3 is 0 Å². The Morgan fingerprint density at radius 3 is 2.59 bits per heavy atom. The van der Waals surface area contributed by atoms with Crippen molar-refractivity contribution in [3.63, 3.8) is 0 Å². The number of nitro benzene ring substituents is 1. The molecule has 0 heterocycles. The molecule has 1 aromatic rings. The van der Waals surface area contributed by atoms with E-state index in [4.69, 9.17) is 5.11 Å². The van der Waals surface area contributed by atoms with Crippen LogP contribution in [-0.4, -0.2) is 33.0 Å². The Bertz CT molecular complexity index is 412. The topological polar surface area (TPSA) is 104 Å². The van der Waals surface area contributed by atoms with Gasteiger partial charge < -0.3 is 15.3 Å². The first-order valence-electron chi connectivity index (χ1n) is 4.88. The van der Waals surface area contributed by atoms with Crippen LogP contribution >= 0.6 is 15.9 Å². The molecule has 0 amide bonds. The Kier molecular flexibility index (Phi) is 5.01. The van der Waals surface area contributed by atoms with E-state index in [-0.39, 0.29) is 24.3 Å². The van der Waals surface area contributed by atoms with Crippen molar-refractivity contribution in [3.8, 4) is 0 Å². The number of benzene rings is 1. The van der Waals surface area contributed by atoms with Crippen LogP contribution in [0.2, 0.25) is 0 Å². The number of nitrogens with zero attached hydrogens (tertiary/aromatic N) is 1. The molecule has 0 spiro atoms. The van der Waals surface area contributed by atoms with Crippen LogP contribution in [0.4, 0.5) is 5.69 Å². The summed E-state index contributed by atoms with van der Waals surface area (Å²) in [5.74, 6) is 0. The van der Waals surface area contributed by atoms with Crippen molar-refractivity contribution >= 4 is 21.6 Å². The minimum absolute atomic E-state index is 0.0270. The Hall–Kier alpha value is -1.02. The Labute approximate surface area is 106 Å². The highest BCUT2D eigenvalue weighted by molar-refractivity contribution is 9.10. The van der Waals surface area contributed by atoms with Crippen molar-refractivity contribution in [1.29, 1.82) is 0 Å². The van der Waals surface area contributed by atoms with Crippen LogP contribution in [0.5, 0.6) is 0 Å². The number of aliphatic hydroxyl groups is 3. The van der Waals surface area contributed by atoms with Crippen molar-refractivity contribution in [2.45, 2.75) is 18.6 Å². The van der Waals surface area contributed by atoms with Gasteiger partial charge in [0.2, 0.25) is 0 Å². The largest absolute Gasteiger partial charge is 0.396 e. The number of hydrogen-bond acceptors (Lipinski definition) is 5. The predicted molar refractivity (Wildman–Crippen MR) is 63.5 cm³/mol. The van der Waals surface area contributed by atoms with Crippen LogP contribution in [0.15, 0.2) is 22.7 Å². The molecule has 0 aliphatic rings. The molecule has 2 unspecified atom stereocenters. The van der Waals surface area contributed by atoms with Crippen molar-refractivity contribution in [3.05, 3.63) is 38.3 Å². The molecule has 1 aromatic carbocycles. The quantitative estimate of drug-likeness (QED) is 0.559. The molecule has 0 saturated carbocycles. The molecule has 0 bridgehead atoms. The monoisotopic (exact) mass is 305 g/mol. The predicted octanol–water partition coefficient (Wildman–Crippen LogP) is 1.13. The smallest absolute Gasteiger partial charge is 0.276 e. The van der Waals surface area contributed by atoms with E-state index in [1.165, 1.54) is 18.2 Å². The lowest BCUT2D eigenvalue weighted by molar-refractivity contribution is -0.386. The van der Waals surface area contributed by atoms with Crippen LogP contribution < -0.4 is 0 Å². The molecule has 0 radical (unpaired) electrons. The third kappa shape index (κ3) is 3.47. The second-order valence-electron chi connectivity index (χ2n) is 3.48. The van der Waals surface area contributed by atoms with E-state index in [9.17, 15) is 20.3 Å². The number of aliphatic hydroxyl groups excluding tert-OH is 3. The van der Waals surface area contributed by atoms with Gasteiger partial charge in [0.25, 0.3) is 5.69 Å². The lowest BCUT2D eigenvalue weighted by Gasteiger charge is -2.17. The molecule has 0 aliphatic heterocycles. The minimum Gasteiger partial charge on any atom is -0.396 e. The molecule has 0 fully saturated rings. The van der Waals surface area contributed by atoms with Gasteiger partial charge in [-0.3, -0.25) is 10.1 Å². The van der Waals surface area contributed by atoms with E-state index >= 15 is 0 Å². The molecule has 7 heteroatoms. The Morgan fingerprint density at radius 1 is 1.41 bits per heavy atom. The highest BCUT2D eigenvalue weighted by atomic mass is 79.9. The molecule has 0 aromatic heterocycles. The second kappa shape index (κ2) is 6.06. The summed E-state index contributed by atoms with van der Waals surface area (Å²) in [7, 11) is 0. The summed E-state index contributed by atoms with van der Waals surface area (Å²) < 4.78 is 0.511. The normalized spacial score (nSPS) is 14.4. The van der Waals surface area contributed by atoms with Gasteiger partial charge in [0.05, 0.1) is 16.6 Å². The Balaban J connectivity index is 3.08. The van der Waals surface area contributed by atoms with Crippen LogP contribution in [-0.2, 0) is 0 Å². The van der Waals surface area contributed by atoms with Gasteiger partial charge in [-0.1, -0.05) is 15.9 Å². The zero-order valence-corrected chi connectivity index (χ0v) is 10.4. The maximum atomic E-state index is 10.8. The fourth-order valence-corrected chi connectivity index (χ4v) is 1.77. The summed E-state index contributed by atoms with van der Waals surface area (Å²) in [6.45, 7) is -0.303. The fourth-order valence-electron chi connectivity index (χ4n) is 1.42. The van der Waals surface area contributed by atoms with E-state index in [1.807, 2.05) is 0 Å². The molecule has 94 valence electrons. The van der Waals surface area contributed by atoms with E-state index < -0.39 is 17.1 Å². The number of hydrogen-bond donors (Lipinski definition) is 3. The van der Waals surface area contributed by atoms with E-state index in [1.54, 1.807) is 0 Å². The molecule has 3 N–H and O–H groups in total. The van der Waals surface area contributed by atoms with Gasteiger partial charge in [-0.2, -0.15) is 0 Å². The second-order valence-corrected chi connectivity index (χ2v) is 4.40. The molecule has 0 saturated heterocycles. The third-order valence-corrected chi connectivity index (χ3v) is 2.79. The van der Waals surface area contributed by atoms with Gasteiger partial charge in [0.15, 0.2) is 0 Å². The van der Waals surface area contributed by atoms with Crippen molar-refractivity contribution in [1.82, 2.24) is 0 Å². The molecule has 2 atom stereocenters. The third-order valence-electron chi connectivity index (χ3n) is 2.30. The summed E-state index contributed by atoms with van der Waals surface area (Å²) in [6.07, 6.45) is -2.68. The fraction of sp³-hybridized carbons (Fsp3) is 0.400. The van der Waals surface area contributed by atoms with Crippen molar-refractivity contribution in [2.24, 2.45) is 0 Å². The van der Waals surface area contributed by atoms with Crippen LogP contribution in [0.1, 0.15) is 18.1 Å². The van der Waals surface area contributed by atoms with Crippen molar-refractivity contribution in [2.75, 3.05) is 6.61 Å². The zero-order chi connectivity index (χ0) is 13.0. The van der Waals surface area contributed by atoms with Crippen LogP contribution in [0.3, 0.4) is 0 Å². The highest BCUT2D eigenvalue weighted by Gasteiger charge is 2.26. The first-order chi connectivity index (χ1) is 7.97. The lowest BCUT2D eigenvalue weighted by atomic mass is 10.0. The molecule has 1 rings (SSSR count). The minimum atomic E-state index is -1.39. The van der Waals surface area contributed by atoms with E-state index in [0.717, 1.165) is 0 Å². The summed E-state index contributed by atoms with van der Waals surface area (Å²) in [5.41, 5.74) is -0.247. The lowest BCUT2D eigenvalue weighted by Crippen LogP contribution is -2.20. The van der Waals surface area contributed by atoms with Gasteiger partial charge in [0, 0.05) is 17.1 Å². The van der Waals surface area contributed by atoms with E-state index in [2.05, 4.69) is 15.9 Å². The van der Waals surface area contributed by atoms with Crippen LogP contribution in [0.25, 0.3) is 0 Å². The summed E-state index contributed by atoms with van der Waals surface area (Å²) in [4.78, 5) is 10.2. The zero-order valence-electron chi connectivity index (χ0n) is 8.78. The Morgan fingerprint density at radius 2 is 2.06 bits per heavy atom.